The summed E-state index contributed by atoms with van der Waals surface area (Å²) in [6.07, 6.45) is 7.15. The Kier molecular flexibility index (Phi) is 21.9. The molecule has 0 saturated carbocycles. The van der Waals surface area contributed by atoms with E-state index in [1.54, 1.807) is 72.8 Å². The number of primary amides is 1. The van der Waals surface area contributed by atoms with Crippen molar-refractivity contribution in [2.75, 3.05) is 60.2 Å². The summed E-state index contributed by atoms with van der Waals surface area (Å²) in [5.41, 5.74) is 10.3. The lowest BCUT2D eigenvalue weighted by molar-refractivity contribution is 0.0997. The third-order valence-corrected chi connectivity index (χ3v) is 12.2. The lowest BCUT2D eigenvalue weighted by atomic mass is 10.1. The standard InChI is InChI=1S/C36H49N5O4.C20H25N3O3/c1-5-9-21-40-22-10-23-41(25-24-40)31-16-11-27(12-17-31)35(42)37-29-13-18-32(19-14-29)45-33-20-15-30(26-34(33)44-8-4)39-36(43)38-28(6-2)7-3;1-4-15(5-2)22-20(25)23-16-7-9-17(10-8-16)26-18-11-6-14(19(21)24)12-13(18)3/h11-20,26,28H,5-10,21-25H2,1-4H3,(H,37,42)(H2,38,39,43);6-12,15H,4-5H2,1-3H3,(H2,21,24)(H2,22,23,25). The van der Waals surface area contributed by atoms with Gasteiger partial charge in [-0.25, -0.2) is 9.59 Å². The number of aryl methyl sites for hydroxylation is 1. The van der Waals surface area contributed by atoms with Gasteiger partial charge < -0.3 is 56.3 Å². The second-order valence-corrected chi connectivity index (χ2v) is 17.5. The maximum Gasteiger partial charge on any atom is 0.319 e. The Morgan fingerprint density at radius 1 is 0.577 bits per heavy atom. The summed E-state index contributed by atoms with van der Waals surface area (Å²) in [7, 11) is 0. The lowest BCUT2D eigenvalue weighted by Gasteiger charge is -2.23. The van der Waals surface area contributed by atoms with Gasteiger partial charge in [0.25, 0.3) is 5.91 Å². The summed E-state index contributed by atoms with van der Waals surface area (Å²) in [6.45, 7) is 20.0. The Morgan fingerprint density at radius 2 is 1.11 bits per heavy atom. The van der Waals surface area contributed by atoms with Crippen molar-refractivity contribution < 1.29 is 33.4 Å². The van der Waals surface area contributed by atoms with E-state index in [1.165, 1.54) is 19.4 Å². The van der Waals surface area contributed by atoms with Gasteiger partial charge in [-0.15, -0.1) is 0 Å². The van der Waals surface area contributed by atoms with Crippen LogP contribution in [0, 0.1) is 6.92 Å². The number of ether oxygens (including phenoxy) is 3. The van der Waals surface area contributed by atoms with Gasteiger partial charge in [0.1, 0.15) is 17.2 Å². The third kappa shape index (κ3) is 17.6. The summed E-state index contributed by atoms with van der Waals surface area (Å²) in [6, 6.07) is 32.3. The Morgan fingerprint density at radius 3 is 1.66 bits per heavy atom. The molecule has 0 bridgehead atoms. The fourth-order valence-electron chi connectivity index (χ4n) is 7.87. The van der Waals surface area contributed by atoms with E-state index in [0.717, 1.165) is 69.5 Å². The minimum absolute atomic E-state index is 0.128. The number of benzene rings is 5. The quantitative estimate of drug-likeness (QED) is 0.0416. The fourth-order valence-corrected chi connectivity index (χ4v) is 7.87. The van der Waals surface area contributed by atoms with E-state index < -0.39 is 5.91 Å². The van der Waals surface area contributed by atoms with E-state index in [4.69, 9.17) is 19.9 Å². The van der Waals surface area contributed by atoms with Crippen molar-refractivity contribution in [3.05, 3.63) is 126 Å². The second kappa shape index (κ2) is 28.4. The van der Waals surface area contributed by atoms with Gasteiger partial charge in [0.2, 0.25) is 5.91 Å². The van der Waals surface area contributed by atoms with Crippen LogP contribution in [0.25, 0.3) is 0 Å². The molecule has 0 spiro atoms. The Bertz CT molecular complexity index is 2460. The van der Waals surface area contributed by atoms with Crippen molar-refractivity contribution in [2.45, 2.75) is 105 Å². The van der Waals surface area contributed by atoms with Crippen LogP contribution in [0.15, 0.2) is 109 Å². The zero-order chi connectivity index (χ0) is 51.1. The number of anilines is 4. The maximum absolute atomic E-state index is 13.0. The number of nitrogens with zero attached hydrogens (tertiary/aromatic N) is 2. The molecule has 0 unspecified atom stereocenters. The molecule has 7 N–H and O–H groups in total. The van der Waals surface area contributed by atoms with Gasteiger partial charge in [-0.2, -0.15) is 0 Å². The van der Waals surface area contributed by atoms with Crippen LogP contribution >= 0.6 is 0 Å². The van der Waals surface area contributed by atoms with Crippen LogP contribution in [-0.2, 0) is 0 Å². The number of hydrogen-bond acceptors (Lipinski definition) is 9. The minimum atomic E-state index is -0.471. The summed E-state index contributed by atoms with van der Waals surface area (Å²) >= 11 is 0. The van der Waals surface area contributed by atoms with Crippen LogP contribution in [0.1, 0.15) is 113 Å². The Hall–Kier alpha value is -7.26. The highest BCUT2D eigenvalue weighted by molar-refractivity contribution is 6.04. The minimum Gasteiger partial charge on any atom is -0.490 e. The van der Waals surface area contributed by atoms with Gasteiger partial charge in [0.05, 0.1) is 6.61 Å². The molecule has 15 heteroatoms. The van der Waals surface area contributed by atoms with Crippen molar-refractivity contribution in [1.82, 2.24) is 15.5 Å². The predicted molar refractivity (Wildman–Crippen MR) is 286 cm³/mol. The van der Waals surface area contributed by atoms with Gasteiger partial charge in [-0.3, -0.25) is 9.59 Å². The summed E-state index contributed by atoms with van der Waals surface area (Å²) in [5.74, 6) is 2.28. The van der Waals surface area contributed by atoms with Gasteiger partial charge in [0.15, 0.2) is 11.5 Å². The van der Waals surface area contributed by atoms with Crippen molar-refractivity contribution in [1.29, 1.82) is 0 Å². The second-order valence-electron chi connectivity index (χ2n) is 17.5. The van der Waals surface area contributed by atoms with Gasteiger partial charge >= 0.3 is 12.1 Å². The van der Waals surface area contributed by atoms with Crippen LogP contribution in [0.3, 0.4) is 0 Å². The van der Waals surface area contributed by atoms with Gasteiger partial charge in [-0.05, 0) is 174 Å². The first kappa shape index (κ1) is 54.7. The van der Waals surface area contributed by atoms with Crippen LogP contribution < -0.4 is 51.4 Å². The molecule has 5 aromatic carbocycles. The topological polar surface area (TPSA) is 189 Å². The molecule has 5 aromatic rings. The molecule has 1 fully saturated rings. The molecule has 1 aliphatic rings. The SMILES string of the molecule is CCC(CC)NC(=O)Nc1ccc(Oc2ccc(C(N)=O)cc2C)cc1.CCCCN1CCCN(c2ccc(C(=O)Nc3ccc(Oc4ccc(NC(=O)NC(CC)CC)cc4OCC)cc3)cc2)CC1. The average Bonchev–Trinajstić information content (AvgIpc) is 3.62. The largest absolute Gasteiger partial charge is 0.490 e. The van der Waals surface area contributed by atoms with Gasteiger partial charge in [0, 0.05) is 71.7 Å². The molecule has 15 nitrogen and oxygen atoms in total. The smallest absolute Gasteiger partial charge is 0.319 e. The molecule has 0 atom stereocenters. The number of nitrogens with one attached hydrogen (secondary N) is 5. The molecule has 0 aliphatic carbocycles. The van der Waals surface area contributed by atoms with Gasteiger partial charge in [-0.1, -0.05) is 41.0 Å². The fraction of sp³-hybridized carbons (Fsp3) is 0.393. The van der Waals surface area contributed by atoms with Crippen molar-refractivity contribution >= 4 is 46.6 Å². The van der Waals surface area contributed by atoms with Crippen LogP contribution in [0.5, 0.6) is 28.7 Å². The molecule has 0 aromatic heterocycles. The molecular formula is C56H74N8O7. The molecule has 1 saturated heterocycles. The van der Waals surface area contributed by atoms with Crippen LogP contribution in [-0.4, -0.2) is 80.2 Å². The Balaban J connectivity index is 0.000000306. The molecule has 6 rings (SSSR count). The summed E-state index contributed by atoms with van der Waals surface area (Å²) in [4.78, 5) is 53.5. The predicted octanol–water partition coefficient (Wildman–Crippen LogP) is 11.9. The number of hydrogen-bond donors (Lipinski definition) is 6. The highest BCUT2D eigenvalue weighted by atomic mass is 16.5. The van der Waals surface area contributed by atoms with E-state index in [1.807, 2.05) is 77.9 Å². The number of amides is 6. The summed E-state index contributed by atoms with van der Waals surface area (Å²) in [5, 5.41) is 14.5. The number of nitrogens with two attached hydrogens (primary N) is 1. The Labute approximate surface area is 420 Å². The number of carbonyl (C=O) groups excluding carboxylic acids is 4. The first-order chi connectivity index (χ1) is 34.3. The van der Waals surface area contributed by atoms with E-state index in [9.17, 15) is 19.2 Å². The van der Waals surface area contributed by atoms with Crippen LogP contribution in [0.2, 0.25) is 0 Å². The molecule has 0 radical (unpaired) electrons. The lowest BCUT2D eigenvalue weighted by Crippen LogP contribution is -2.37. The van der Waals surface area contributed by atoms with Crippen LogP contribution in [0.4, 0.5) is 32.3 Å². The van der Waals surface area contributed by atoms with E-state index >= 15 is 0 Å². The highest BCUT2D eigenvalue weighted by Gasteiger charge is 2.17. The van der Waals surface area contributed by atoms with Crippen molar-refractivity contribution in [3.63, 3.8) is 0 Å². The highest BCUT2D eigenvalue weighted by Crippen LogP contribution is 2.35. The molecule has 71 heavy (non-hydrogen) atoms. The molecule has 1 heterocycles. The summed E-state index contributed by atoms with van der Waals surface area (Å²) < 4.78 is 17.7. The molecule has 380 valence electrons. The normalized spacial score (nSPS) is 12.5. The molecule has 1 aliphatic heterocycles. The van der Waals surface area contributed by atoms with E-state index in [-0.39, 0.29) is 30.1 Å². The number of rotatable bonds is 21. The van der Waals surface area contributed by atoms with E-state index in [2.05, 4.69) is 43.3 Å². The monoisotopic (exact) mass is 971 g/mol. The first-order valence-electron chi connectivity index (χ1n) is 25.1. The van der Waals surface area contributed by atoms with Crippen molar-refractivity contribution in [2.24, 2.45) is 5.73 Å². The average molecular weight is 971 g/mol. The zero-order valence-corrected chi connectivity index (χ0v) is 42.6. The van der Waals surface area contributed by atoms with Crippen molar-refractivity contribution in [3.8, 4) is 28.7 Å². The number of unbranched alkanes of at least 4 members (excludes halogenated alkanes) is 1. The first-order valence-corrected chi connectivity index (χ1v) is 25.1. The maximum atomic E-state index is 13.0. The zero-order valence-electron chi connectivity index (χ0n) is 42.6. The number of carbonyl (C=O) groups is 4. The number of urea groups is 2. The third-order valence-electron chi connectivity index (χ3n) is 12.2. The molecule has 6 amide bonds. The van der Waals surface area contributed by atoms with E-state index in [0.29, 0.717) is 63.5 Å². The molecular weight excluding hydrogens is 897 g/mol.